The lowest BCUT2D eigenvalue weighted by Crippen LogP contribution is -2.35. The third-order valence-electron chi connectivity index (χ3n) is 3.42. The Kier molecular flexibility index (Phi) is 3.21. The average molecular weight is 248 g/mol. The minimum Gasteiger partial charge on any atom is -0.363 e. The number of aromatic nitrogens is 2. The normalized spacial score (nSPS) is 30.1. The van der Waals surface area contributed by atoms with E-state index >= 15 is 0 Å². The van der Waals surface area contributed by atoms with Gasteiger partial charge in [0.15, 0.2) is 0 Å². The molecule has 6 heteroatoms. The van der Waals surface area contributed by atoms with Gasteiger partial charge in [0.05, 0.1) is 12.6 Å². The summed E-state index contributed by atoms with van der Waals surface area (Å²) < 4.78 is 5.72. The highest BCUT2D eigenvalue weighted by Gasteiger charge is 2.41. The molecule has 96 valence electrons. The number of nitrogens with one attached hydrogen (secondary N) is 2. The average Bonchev–Trinajstić information content (AvgIpc) is 2.98. The molecule has 0 aliphatic carbocycles. The fourth-order valence-corrected chi connectivity index (χ4v) is 2.51. The largest absolute Gasteiger partial charge is 0.363 e. The first-order chi connectivity index (χ1) is 8.83. The Hall–Kier alpha value is -1.53. The molecule has 2 saturated heterocycles. The van der Waals surface area contributed by atoms with Crippen molar-refractivity contribution >= 4 is 5.91 Å². The number of hydrogen-bond acceptors (Lipinski definition) is 5. The summed E-state index contributed by atoms with van der Waals surface area (Å²) >= 11 is 0. The summed E-state index contributed by atoms with van der Waals surface area (Å²) in [6, 6.07) is 2.09. The lowest BCUT2D eigenvalue weighted by molar-refractivity contribution is -0.132. The number of nitrogens with zero attached hydrogens (tertiary/aromatic N) is 2. The van der Waals surface area contributed by atoms with E-state index in [1.807, 2.05) is 0 Å². The zero-order chi connectivity index (χ0) is 12.4. The molecule has 2 aliphatic heterocycles. The molecule has 1 aromatic heterocycles. The van der Waals surface area contributed by atoms with Gasteiger partial charge in [0.1, 0.15) is 11.9 Å². The van der Waals surface area contributed by atoms with E-state index in [2.05, 4.69) is 20.6 Å². The Balaban J connectivity index is 1.50. The minimum atomic E-state index is -0.337. The van der Waals surface area contributed by atoms with E-state index in [4.69, 9.17) is 4.74 Å². The predicted octanol–water partition coefficient (Wildman–Crippen LogP) is -0.388. The van der Waals surface area contributed by atoms with E-state index in [1.54, 1.807) is 18.5 Å². The van der Waals surface area contributed by atoms with Crippen LogP contribution in [0.15, 0.2) is 18.5 Å². The van der Waals surface area contributed by atoms with E-state index in [0.717, 1.165) is 19.4 Å². The lowest BCUT2D eigenvalue weighted by atomic mass is 10.1. The summed E-state index contributed by atoms with van der Waals surface area (Å²) in [6.07, 6.45) is 4.94. The number of ether oxygens (including phenoxy) is 1. The summed E-state index contributed by atoms with van der Waals surface area (Å²) in [5.74, 6) is 0.542. The number of amides is 1. The molecule has 0 spiro atoms. The van der Waals surface area contributed by atoms with Crippen LogP contribution in [0.1, 0.15) is 18.7 Å². The Morgan fingerprint density at radius 1 is 1.50 bits per heavy atom. The monoisotopic (exact) mass is 248 g/mol. The molecule has 2 fully saturated rings. The number of hydrogen-bond donors (Lipinski definition) is 2. The van der Waals surface area contributed by atoms with Gasteiger partial charge in [0, 0.05) is 24.9 Å². The number of fused-ring (bicyclic) bond motifs is 1. The highest BCUT2D eigenvalue weighted by molar-refractivity contribution is 5.81. The molecule has 0 radical (unpaired) electrons. The number of rotatable bonds is 3. The summed E-state index contributed by atoms with van der Waals surface area (Å²) in [5.41, 5.74) is 0. The standard InChI is InChI=1S/C12H16N4O2/c17-12(16-7-11-14-3-1-4-15-11)10-6-8-9(18-10)2-5-13-8/h1,3-4,8-10,13H,2,5-7H2,(H,16,17)/t8-,9-,10+/m1/s1. The summed E-state index contributed by atoms with van der Waals surface area (Å²) in [7, 11) is 0. The van der Waals surface area contributed by atoms with Gasteiger partial charge in [-0.05, 0) is 19.0 Å². The van der Waals surface area contributed by atoms with Crippen molar-refractivity contribution in [3.05, 3.63) is 24.3 Å². The molecule has 3 heterocycles. The van der Waals surface area contributed by atoms with Crippen molar-refractivity contribution in [2.45, 2.75) is 37.6 Å². The fraction of sp³-hybridized carbons (Fsp3) is 0.583. The maximum atomic E-state index is 11.9. The molecule has 18 heavy (non-hydrogen) atoms. The second kappa shape index (κ2) is 4.99. The first kappa shape index (κ1) is 11.6. The van der Waals surface area contributed by atoms with Crippen LogP contribution in [0.4, 0.5) is 0 Å². The van der Waals surface area contributed by atoms with Crippen molar-refractivity contribution in [3.63, 3.8) is 0 Å². The van der Waals surface area contributed by atoms with Gasteiger partial charge in [-0.3, -0.25) is 4.79 Å². The van der Waals surface area contributed by atoms with Gasteiger partial charge in [0.25, 0.3) is 0 Å². The molecule has 0 bridgehead atoms. The number of carbonyl (C=O) groups excluding carboxylic acids is 1. The minimum absolute atomic E-state index is 0.0707. The molecular formula is C12H16N4O2. The Morgan fingerprint density at radius 2 is 2.33 bits per heavy atom. The maximum absolute atomic E-state index is 11.9. The van der Waals surface area contributed by atoms with E-state index in [1.165, 1.54) is 0 Å². The van der Waals surface area contributed by atoms with Crippen molar-refractivity contribution in [2.75, 3.05) is 6.54 Å². The molecule has 3 rings (SSSR count). The van der Waals surface area contributed by atoms with E-state index in [-0.39, 0.29) is 18.1 Å². The van der Waals surface area contributed by atoms with Crippen LogP contribution < -0.4 is 10.6 Å². The Labute approximate surface area is 105 Å². The van der Waals surface area contributed by atoms with Crippen molar-refractivity contribution < 1.29 is 9.53 Å². The molecule has 3 atom stereocenters. The van der Waals surface area contributed by atoms with E-state index in [0.29, 0.717) is 18.4 Å². The number of carbonyl (C=O) groups is 1. The molecular weight excluding hydrogens is 232 g/mol. The second-order valence-corrected chi connectivity index (χ2v) is 4.63. The van der Waals surface area contributed by atoms with Gasteiger partial charge < -0.3 is 15.4 Å². The van der Waals surface area contributed by atoms with Crippen LogP contribution in [-0.4, -0.2) is 40.7 Å². The fourth-order valence-electron chi connectivity index (χ4n) is 2.51. The third kappa shape index (κ3) is 2.34. The first-order valence-corrected chi connectivity index (χ1v) is 6.25. The smallest absolute Gasteiger partial charge is 0.249 e. The van der Waals surface area contributed by atoms with Crippen LogP contribution in [0.3, 0.4) is 0 Å². The third-order valence-corrected chi connectivity index (χ3v) is 3.42. The van der Waals surface area contributed by atoms with Crippen LogP contribution in [0.2, 0.25) is 0 Å². The van der Waals surface area contributed by atoms with Crippen molar-refractivity contribution in [3.8, 4) is 0 Å². The van der Waals surface area contributed by atoms with Gasteiger partial charge in [0.2, 0.25) is 5.91 Å². The van der Waals surface area contributed by atoms with Gasteiger partial charge in [-0.25, -0.2) is 9.97 Å². The van der Waals surface area contributed by atoms with Gasteiger partial charge in [-0.1, -0.05) is 0 Å². The van der Waals surface area contributed by atoms with Crippen LogP contribution in [0.5, 0.6) is 0 Å². The Morgan fingerprint density at radius 3 is 3.11 bits per heavy atom. The molecule has 1 amide bonds. The topological polar surface area (TPSA) is 76.1 Å². The Bertz CT molecular complexity index is 413. The van der Waals surface area contributed by atoms with Gasteiger partial charge in [-0.15, -0.1) is 0 Å². The second-order valence-electron chi connectivity index (χ2n) is 4.63. The quantitative estimate of drug-likeness (QED) is 0.762. The van der Waals surface area contributed by atoms with Gasteiger partial charge in [-0.2, -0.15) is 0 Å². The molecule has 2 N–H and O–H groups in total. The summed E-state index contributed by atoms with van der Waals surface area (Å²) in [5, 5.41) is 6.16. The molecule has 0 unspecified atom stereocenters. The van der Waals surface area contributed by atoms with Crippen molar-refractivity contribution in [1.29, 1.82) is 0 Å². The zero-order valence-electron chi connectivity index (χ0n) is 10.0. The van der Waals surface area contributed by atoms with Crippen molar-refractivity contribution in [1.82, 2.24) is 20.6 Å². The highest BCUT2D eigenvalue weighted by atomic mass is 16.5. The molecule has 1 aromatic rings. The summed E-state index contributed by atoms with van der Waals surface area (Å²) in [6.45, 7) is 1.34. The summed E-state index contributed by atoms with van der Waals surface area (Å²) in [4.78, 5) is 20.0. The van der Waals surface area contributed by atoms with Crippen LogP contribution in [0, 0.1) is 0 Å². The van der Waals surface area contributed by atoms with Crippen molar-refractivity contribution in [2.24, 2.45) is 0 Å². The maximum Gasteiger partial charge on any atom is 0.249 e. The van der Waals surface area contributed by atoms with E-state index in [9.17, 15) is 4.79 Å². The van der Waals surface area contributed by atoms with Crippen LogP contribution in [-0.2, 0) is 16.1 Å². The molecule has 6 nitrogen and oxygen atoms in total. The molecule has 0 aromatic carbocycles. The van der Waals surface area contributed by atoms with E-state index < -0.39 is 0 Å². The first-order valence-electron chi connectivity index (χ1n) is 6.25. The predicted molar refractivity (Wildman–Crippen MR) is 63.6 cm³/mol. The molecule has 0 saturated carbocycles. The SMILES string of the molecule is O=C(NCc1ncccn1)[C@@H]1C[C@H]2NCC[C@H]2O1. The van der Waals surface area contributed by atoms with Crippen LogP contribution >= 0.6 is 0 Å². The van der Waals surface area contributed by atoms with Gasteiger partial charge >= 0.3 is 0 Å². The lowest BCUT2D eigenvalue weighted by Gasteiger charge is -2.11. The molecule has 2 aliphatic rings. The highest BCUT2D eigenvalue weighted by Crippen LogP contribution is 2.26. The van der Waals surface area contributed by atoms with Crippen LogP contribution in [0.25, 0.3) is 0 Å². The zero-order valence-corrected chi connectivity index (χ0v) is 10.0.